The zero-order valence-electron chi connectivity index (χ0n) is 37.7. The molecule has 0 radical (unpaired) electrons. The summed E-state index contributed by atoms with van der Waals surface area (Å²) in [4.78, 5) is 2.34. The maximum atomic E-state index is 6.26. The second-order valence-corrected chi connectivity index (χ2v) is 17.7. The van der Waals surface area contributed by atoms with Crippen molar-refractivity contribution in [2.24, 2.45) is 0 Å². The summed E-state index contributed by atoms with van der Waals surface area (Å²) in [5.74, 6) is 0. The summed E-state index contributed by atoms with van der Waals surface area (Å²) in [6, 6.07) is 96.1. The zero-order chi connectivity index (χ0) is 45.7. The lowest BCUT2D eigenvalue weighted by Crippen LogP contribution is -2.09. The van der Waals surface area contributed by atoms with E-state index in [-0.39, 0.29) is 0 Å². The van der Waals surface area contributed by atoms with E-state index in [0.29, 0.717) is 0 Å². The second-order valence-electron chi connectivity index (χ2n) is 17.7. The van der Waals surface area contributed by atoms with Gasteiger partial charge in [-0.05, 0) is 141 Å². The van der Waals surface area contributed by atoms with E-state index < -0.39 is 0 Å². The Morgan fingerprint density at radius 3 is 1.19 bits per heavy atom. The standard InChI is InChI=1S/C66H44N2O/c1-2-12-45(13-3-1)51-14-10-15-52(42-51)49-30-37-56(38-31-49)67(57-39-32-50(33-40-57)54-34-41-62-61-20-6-9-23-65(61)69-66(62)44-54)55-35-28-47(29-36-55)46-24-26-48(27-25-46)53-16-11-17-58(43-53)68-63-21-7-4-18-59(63)60-19-5-8-22-64(60)68/h1-44H. The minimum Gasteiger partial charge on any atom is -0.456 e. The molecule has 2 aromatic heterocycles. The summed E-state index contributed by atoms with van der Waals surface area (Å²) in [6.45, 7) is 0. The lowest BCUT2D eigenvalue weighted by Gasteiger charge is -2.26. The van der Waals surface area contributed by atoms with Crippen molar-refractivity contribution in [1.29, 1.82) is 0 Å². The van der Waals surface area contributed by atoms with Crippen LogP contribution in [0.4, 0.5) is 17.1 Å². The molecule has 2 heterocycles. The third-order valence-electron chi connectivity index (χ3n) is 13.6. The first-order chi connectivity index (χ1) is 34.2. The van der Waals surface area contributed by atoms with Gasteiger partial charge in [-0.2, -0.15) is 0 Å². The minimum atomic E-state index is 0.897. The van der Waals surface area contributed by atoms with Crippen LogP contribution in [0.5, 0.6) is 0 Å². The largest absolute Gasteiger partial charge is 0.456 e. The zero-order valence-corrected chi connectivity index (χ0v) is 37.7. The fourth-order valence-corrected chi connectivity index (χ4v) is 10.2. The molecule has 13 rings (SSSR count). The van der Waals surface area contributed by atoms with Gasteiger partial charge in [0.15, 0.2) is 0 Å². The van der Waals surface area contributed by atoms with E-state index in [1.807, 2.05) is 12.1 Å². The van der Waals surface area contributed by atoms with Gasteiger partial charge in [0, 0.05) is 44.3 Å². The van der Waals surface area contributed by atoms with Gasteiger partial charge in [0.1, 0.15) is 11.2 Å². The summed E-state index contributed by atoms with van der Waals surface area (Å²) in [5, 5.41) is 4.80. The van der Waals surface area contributed by atoms with E-state index in [1.54, 1.807) is 0 Å². The summed E-state index contributed by atoms with van der Waals surface area (Å²) < 4.78 is 8.64. The molecule has 3 nitrogen and oxygen atoms in total. The Morgan fingerprint density at radius 2 is 0.623 bits per heavy atom. The van der Waals surface area contributed by atoms with Gasteiger partial charge in [-0.3, -0.25) is 0 Å². The van der Waals surface area contributed by atoms with Crippen molar-refractivity contribution in [2.75, 3.05) is 4.90 Å². The third-order valence-corrected chi connectivity index (χ3v) is 13.6. The molecule has 0 spiro atoms. The van der Waals surface area contributed by atoms with Crippen LogP contribution in [0.1, 0.15) is 0 Å². The summed E-state index contributed by atoms with van der Waals surface area (Å²) in [5.41, 5.74) is 20.3. The van der Waals surface area contributed by atoms with Gasteiger partial charge in [0.25, 0.3) is 0 Å². The maximum absolute atomic E-state index is 6.26. The highest BCUT2D eigenvalue weighted by Gasteiger charge is 2.16. The normalized spacial score (nSPS) is 11.5. The Kier molecular flexibility index (Phi) is 9.84. The van der Waals surface area contributed by atoms with Gasteiger partial charge in [-0.15, -0.1) is 0 Å². The molecule has 324 valence electrons. The highest BCUT2D eigenvalue weighted by atomic mass is 16.3. The fraction of sp³-hybridized carbons (Fsp3) is 0. The van der Waals surface area contributed by atoms with Crippen molar-refractivity contribution < 1.29 is 4.42 Å². The Bertz CT molecular complexity index is 3920. The van der Waals surface area contributed by atoms with E-state index in [1.165, 1.54) is 60.8 Å². The Balaban J connectivity index is 0.815. The third kappa shape index (κ3) is 7.34. The first kappa shape index (κ1) is 40.1. The molecule has 0 N–H and O–H groups in total. The monoisotopic (exact) mass is 880 g/mol. The molecule has 0 bridgehead atoms. The van der Waals surface area contributed by atoms with Crippen LogP contribution in [-0.4, -0.2) is 4.57 Å². The lowest BCUT2D eigenvalue weighted by atomic mass is 9.98. The molecule has 69 heavy (non-hydrogen) atoms. The number of anilines is 3. The maximum Gasteiger partial charge on any atom is 0.136 e. The van der Waals surface area contributed by atoms with E-state index in [9.17, 15) is 0 Å². The summed E-state index contributed by atoms with van der Waals surface area (Å²) >= 11 is 0. The first-order valence-corrected chi connectivity index (χ1v) is 23.6. The highest BCUT2D eigenvalue weighted by Crippen LogP contribution is 2.40. The van der Waals surface area contributed by atoms with Gasteiger partial charge in [-0.25, -0.2) is 0 Å². The predicted molar refractivity (Wildman–Crippen MR) is 290 cm³/mol. The van der Waals surface area contributed by atoms with Gasteiger partial charge >= 0.3 is 0 Å². The van der Waals surface area contributed by atoms with Crippen molar-refractivity contribution in [3.05, 3.63) is 267 Å². The van der Waals surface area contributed by atoms with Crippen LogP contribution < -0.4 is 4.90 Å². The number of fused-ring (bicyclic) bond motifs is 6. The SMILES string of the molecule is c1ccc(-c2cccc(-c3ccc(N(c4ccc(-c5ccc(-c6cccc(-n7c8ccccc8c8ccccc87)c6)cc5)cc4)c4ccc(-c5ccc6c(c5)oc5ccccc56)cc4)cc3)c2)cc1. The molecule has 0 saturated carbocycles. The average molecular weight is 881 g/mol. The molecule has 0 aliphatic rings. The minimum absolute atomic E-state index is 0.897. The van der Waals surface area contributed by atoms with Crippen molar-refractivity contribution in [1.82, 2.24) is 4.57 Å². The number of rotatable bonds is 9. The van der Waals surface area contributed by atoms with E-state index in [2.05, 4.69) is 264 Å². The van der Waals surface area contributed by atoms with Gasteiger partial charge in [0.05, 0.1) is 11.0 Å². The van der Waals surface area contributed by atoms with Crippen LogP contribution in [0.3, 0.4) is 0 Å². The molecule has 0 fully saturated rings. The smallest absolute Gasteiger partial charge is 0.136 e. The molecule has 0 unspecified atom stereocenters. The van der Waals surface area contributed by atoms with Crippen LogP contribution >= 0.6 is 0 Å². The van der Waals surface area contributed by atoms with Crippen LogP contribution in [0.25, 0.3) is 105 Å². The molecule has 0 aliphatic heterocycles. The van der Waals surface area contributed by atoms with Crippen molar-refractivity contribution >= 4 is 60.8 Å². The Hall–Kier alpha value is -9.18. The topological polar surface area (TPSA) is 21.3 Å². The fourth-order valence-electron chi connectivity index (χ4n) is 10.2. The van der Waals surface area contributed by atoms with Crippen molar-refractivity contribution in [2.45, 2.75) is 0 Å². The molecule has 0 aliphatic carbocycles. The quantitative estimate of drug-likeness (QED) is 0.144. The molecule has 0 saturated heterocycles. The van der Waals surface area contributed by atoms with Crippen LogP contribution in [-0.2, 0) is 0 Å². The Labute approximate surface area is 401 Å². The number of furan rings is 1. The van der Waals surface area contributed by atoms with Gasteiger partial charge < -0.3 is 13.9 Å². The first-order valence-electron chi connectivity index (χ1n) is 23.6. The lowest BCUT2D eigenvalue weighted by molar-refractivity contribution is 0.669. The van der Waals surface area contributed by atoms with E-state index >= 15 is 0 Å². The molecular formula is C66H44N2O. The van der Waals surface area contributed by atoms with Gasteiger partial charge in [0.2, 0.25) is 0 Å². The van der Waals surface area contributed by atoms with Crippen molar-refractivity contribution in [3.63, 3.8) is 0 Å². The number of para-hydroxylation sites is 3. The number of aromatic nitrogens is 1. The summed E-state index contributed by atoms with van der Waals surface area (Å²) in [6.07, 6.45) is 0. The average Bonchev–Trinajstić information content (AvgIpc) is 3.97. The molecule has 13 aromatic rings. The van der Waals surface area contributed by atoms with Gasteiger partial charge in [-0.1, -0.05) is 182 Å². The molecule has 0 atom stereocenters. The van der Waals surface area contributed by atoms with E-state index in [0.717, 1.165) is 61.4 Å². The van der Waals surface area contributed by atoms with Crippen LogP contribution in [0, 0.1) is 0 Å². The molecule has 3 heteroatoms. The number of hydrogen-bond acceptors (Lipinski definition) is 2. The number of hydrogen-bond donors (Lipinski definition) is 0. The molecule has 11 aromatic carbocycles. The second kappa shape index (κ2) is 16.9. The van der Waals surface area contributed by atoms with Crippen LogP contribution in [0.2, 0.25) is 0 Å². The molecular weight excluding hydrogens is 837 g/mol. The van der Waals surface area contributed by atoms with E-state index in [4.69, 9.17) is 4.42 Å². The molecule has 0 amide bonds. The number of nitrogens with zero attached hydrogens (tertiary/aromatic N) is 2. The highest BCUT2D eigenvalue weighted by molar-refractivity contribution is 6.09. The summed E-state index contributed by atoms with van der Waals surface area (Å²) in [7, 11) is 0. The number of benzene rings is 11. The van der Waals surface area contributed by atoms with Crippen LogP contribution in [0.15, 0.2) is 271 Å². The van der Waals surface area contributed by atoms with Crippen molar-refractivity contribution in [3.8, 4) is 61.3 Å². The predicted octanol–water partition coefficient (Wildman–Crippen LogP) is 18.5. The Morgan fingerprint density at radius 1 is 0.246 bits per heavy atom.